The highest BCUT2D eigenvalue weighted by atomic mass is 32.2. The van der Waals surface area contributed by atoms with Crippen molar-refractivity contribution in [3.63, 3.8) is 0 Å². The molecule has 96 valence electrons. The molecule has 0 aromatic carbocycles. The Hall–Kier alpha value is -0.210. The third kappa shape index (κ3) is 3.99. The molecule has 1 aliphatic heterocycles. The lowest BCUT2D eigenvalue weighted by molar-refractivity contribution is 0.294. The van der Waals surface area contributed by atoms with Crippen molar-refractivity contribution in [2.24, 2.45) is 5.73 Å². The summed E-state index contributed by atoms with van der Waals surface area (Å²) in [5, 5.41) is 0. The largest absolute Gasteiger partial charge is 0.329 e. The second-order valence-corrected chi connectivity index (χ2v) is 5.64. The topological polar surface area (TPSA) is 78.7 Å². The van der Waals surface area contributed by atoms with E-state index >= 15 is 0 Å². The summed E-state index contributed by atoms with van der Waals surface area (Å²) in [5.41, 5.74) is 5.49. The molecule has 0 aromatic rings. The van der Waals surface area contributed by atoms with E-state index in [0.29, 0.717) is 26.2 Å². The van der Waals surface area contributed by atoms with Crippen molar-refractivity contribution in [3.05, 3.63) is 0 Å². The number of hydrogen-bond donors (Lipinski definition) is 2. The molecule has 0 radical (unpaired) electrons. The maximum atomic E-state index is 11.8. The first-order valence-electron chi connectivity index (χ1n) is 5.77. The van der Waals surface area contributed by atoms with E-state index in [1.54, 1.807) is 6.92 Å². The van der Waals surface area contributed by atoms with E-state index in [0.717, 1.165) is 26.1 Å². The van der Waals surface area contributed by atoms with E-state index in [1.165, 1.54) is 4.31 Å². The SMILES string of the molecule is CCNS(=O)(=O)N1CCCN(CCN)CC1. The Morgan fingerprint density at radius 1 is 1.25 bits per heavy atom. The third-order valence-corrected chi connectivity index (χ3v) is 4.36. The molecule has 0 unspecified atom stereocenters. The minimum absolute atomic E-state index is 0.436. The van der Waals surface area contributed by atoms with Gasteiger partial charge in [-0.2, -0.15) is 12.7 Å². The summed E-state index contributed by atoms with van der Waals surface area (Å²) in [4.78, 5) is 2.21. The molecule has 16 heavy (non-hydrogen) atoms. The zero-order valence-electron chi connectivity index (χ0n) is 9.85. The van der Waals surface area contributed by atoms with Gasteiger partial charge in [-0.1, -0.05) is 6.92 Å². The van der Waals surface area contributed by atoms with Gasteiger partial charge in [-0.25, -0.2) is 4.72 Å². The Morgan fingerprint density at radius 3 is 2.62 bits per heavy atom. The molecule has 1 aliphatic rings. The molecular weight excluding hydrogens is 228 g/mol. The van der Waals surface area contributed by atoms with Gasteiger partial charge in [0.15, 0.2) is 0 Å². The van der Waals surface area contributed by atoms with Gasteiger partial charge in [0.2, 0.25) is 0 Å². The quantitative estimate of drug-likeness (QED) is 0.643. The summed E-state index contributed by atoms with van der Waals surface area (Å²) >= 11 is 0. The van der Waals surface area contributed by atoms with E-state index in [2.05, 4.69) is 9.62 Å². The first kappa shape index (κ1) is 13.9. The highest BCUT2D eigenvalue weighted by Gasteiger charge is 2.23. The molecule has 1 heterocycles. The molecule has 0 saturated carbocycles. The minimum Gasteiger partial charge on any atom is -0.329 e. The first-order chi connectivity index (χ1) is 7.60. The van der Waals surface area contributed by atoms with Crippen molar-refractivity contribution < 1.29 is 8.42 Å². The van der Waals surface area contributed by atoms with Gasteiger partial charge in [0, 0.05) is 39.3 Å². The second-order valence-electron chi connectivity index (χ2n) is 3.89. The van der Waals surface area contributed by atoms with Crippen LogP contribution in [-0.4, -0.2) is 63.4 Å². The zero-order valence-corrected chi connectivity index (χ0v) is 10.7. The molecule has 0 amide bonds. The first-order valence-corrected chi connectivity index (χ1v) is 7.21. The molecule has 0 bridgehead atoms. The van der Waals surface area contributed by atoms with Gasteiger partial charge < -0.3 is 10.6 Å². The lowest BCUT2D eigenvalue weighted by Gasteiger charge is -2.21. The van der Waals surface area contributed by atoms with Crippen LogP contribution in [0, 0.1) is 0 Å². The Balaban J connectivity index is 2.53. The van der Waals surface area contributed by atoms with Crippen LogP contribution in [0.3, 0.4) is 0 Å². The predicted octanol–water partition coefficient (Wildman–Crippen LogP) is -1.19. The fourth-order valence-corrected chi connectivity index (χ4v) is 3.11. The molecule has 6 nitrogen and oxygen atoms in total. The molecular formula is C9H22N4O2S. The van der Waals surface area contributed by atoms with Crippen LogP contribution in [0.4, 0.5) is 0 Å². The summed E-state index contributed by atoms with van der Waals surface area (Å²) in [6, 6.07) is 0. The number of nitrogens with two attached hydrogens (primary N) is 1. The Bertz CT molecular complexity index is 294. The minimum atomic E-state index is -3.27. The monoisotopic (exact) mass is 250 g/mol. The van der Waals surface area contributed by atoms with Gasteiger partial charge in [0.1, 0.15) is 0 Å². The lowest BCUT2D eigenvalue weighted by atomic mass is 10.4. The van der Waals surface area contributed by atoms with Gasteiger partial charge in [-0.05, 0) is 13.0 Å². The molecule has 1 rings (SSSR count). The van der Waals surface area contributed by atoms with E-state index < -0.39 is 10.2 Å². The van der Waals surface area contributed by atoms with Crippen LogP contribution in [0.1, 0.15) is 13.3 Å². The Labute approximate surface area is 98.0 Å². The zero-order chi connectivity index (χ0) is 12.0. The van der Waals surface area contributed by atoms with E-state index in [-0.39, 0.29) is 0 Å². The second kappa shape index (κ2) is 6.51. The van der Waals surface area contributed by atoms with Crippen molar-refractivity contribution in [2.75, 3.05) is 45.8 Å². The van der Waals surface area contributed by atoms with Crippen molar-refractivity contribution in [1.29, 1.82) is 0 Å². The normalized spacial score (nSPS) is 20.9. The summed E-state index contributed by atoms with van der Waals surface area (Å²) in [6.45, 7) is 6.53. The average molecular weight is 250 g/mol. The summed E-state index contributed by atoms with van der Waals surface area (Å²) in [6.07, 6.45) is 0.866. The van der Waals surface area contributed by atoms with Crippen LogP contribution in [0.15, 0.2) is 0 Å². The van der Waals surface area contributed by atoms with Crippen LogP contribution in [0.2, 0.25) is 0 Å². The number of rotatable bonds is 5. The Morgan fingerprint density at radius 2 is 2.00 bits per heavy atom. The fraction of sp³-hybridized carbons (Fsp3) is 1.00. The molecule has 0 atom stereocenters. The number of nitrogens with zero attached hydrogens (tertiary/aromatic N) is 2. The number of hydrogen-bond acceptors (Lipinski definition) is 4. The highest BCUT2D eigenvalue weighted by Crippen LogP contribution is 2.06. The summed E-state index contributed by atoms with van der Waals surface area (Å²) in [7, 11) is -3.27. The highest BCUT2D eigenvalue weighted by molar-refractivity contribution is 7.87. The summed E-state index contributed by atoms with van der Waals surface area (Å²) in [5.74, 6) is 0. The van der Waals surface area contributed by atoms with Crippen molar-refractivity contribution in [3.8, 4) is 0 Å². The third-order valence-electron chi connectivity index (χ3n) is 2.66. The molecule has 0 aromatic heterocycles. The van der Waals surface area contributed by atoms with Crippen LogP contribution < -0.4 is 10.5 Å². The van der Waals surface area contributed by atoms with Gasteiger partial charge in [-0.15, -0.1) is 0 Å². The van der Waals surface area contributed by atoms with Gasteiger partial charge in [0.25, 0.3) is 10.2 Å². The van der Waals surface area contributed by atoms with Crippen molar-refractivity contribution >= 4 is 10.2 Å². The van der Waals surface area contributed by atoms with Gasteiger partial charge >= 0.3 is 0 Å². The van der Waals surface area contributed by atoms with Crippen LogP contribution in [0.5, 0.6) is 0 Å². The van der Waals surface area contributed by atoms with Crippen LogP contribution in [0.25, 0.3) is 0 Å². The van der Waals surface area contributed by atoms with Crippen LogP contribution in [-0.2, 0) is 10.2 Å². The number of nitrogens with one attached hydrogen (secondary N) is 1. The van der Waals surface area contributed by atoms with E-state index in [1.807, 2.05) is 0 Å². The summed E-state index contributed by atoms with van der Waals surface area (Å²) < 4.78 is 27.6. The Kier molecular flexibility index (Phi) is 5.63. The standard InChI is InChI=1S/C9H22N4O2S/c1-2-11-16(14,15)13-6-3-5-12(7-4-10)8-9-13/h11H,2-10H2,1H3. The maximum absolute atomic E-state index is 11.8. The molecule has 7 heteroatoms. The molecule has 3 N–H and O–H groups in total. The molecule has 0 aliphatic carbocycles. The molecule has 0 spiro atoms. The van der Waals surface area contributed by atoms with Crippen LogP contribution >= 0.6 is 0 Å². The average Bonchev–Trinajstić information content (AvgIpc) is 2.44. The van der Waals surface area contributed by atoms with E-state index in [9.17, 15) is 8.42 Å². The maximum Gasteiger partial charge on any atom is 0.279 e. The lowest BCUT2D eigenvalue weighted by Crippen LogP contribution is -2.42. The van der Waals surface area contributed by atoms with Crippen molar-refractivity contribution in [1.82, 2.24) is 13.9 Å². The van der Waals surface area contributed by atoms with Crippen molar-refractivity contribution in [2.45, 2.75) is 13.3 Å². The smallest absolute Gasteiger partial charge is 0.279 e. The molecule has 1 fully saturated rings. The van der Waals surface area contributed by atoms with Gasteiger partial charge in [-0.3, -0.25) is 0 Å². The molecule has 1 saturated heterocycles. The van der Waals surface area contributed by atoms with Gasteiger partial charge in [0.05, 0.1) is 0 Å². The van der Waals surface area contributed by atoms with E-state index in [4.69, 9.17) is 5.73 Å². The fourth-order valence-electron chi connectivity index (χ4n) is 1.87. The predicted molar refractivity (Wildman–Crippen MR) is 64.3 cm³/mol.